The number of hydrogen-bond donors (Lipinski definition) is 3. The fourth-order valence-electron chi connectivity index (χ4n) is 1.98. The molecule has 0 radical (unpaired) electrons. The average molecular weight is 362 g/mol. The van der Waals surface area contributed by atoms with Crippen LogP contribution in [-0.2, 0) is 0 Å². The van der Waals surface area contributed by atoms with Gasteiger partial charge < -0.3 is 5.32 Å². The maximum Gasteiger partial charge on any atom is 0.215 e. The summed E-state index contributed by atoms with van der Waals surface area (Å²) in [6, 6.07) is 16.9. The minimum atomic E-state index is 0.406. The third kappa shape index (κ3) is 3.76. The van der Waals surface area contributed by atoms with Gasteiger partial charge in [-0.1, -0.05) is 29.8 Å². The van der Waals surface area contributed by atoms with Crippen LogP contribution in [0.15, 0.2) is 54.6 Å². The zero-order valence-corrected chi connectivity index (χ0v) is 14.2. The van der Waals surface area contributed by atoms with E-state index in [1.807, 2.05) is 42.5 Å². The van der Waals surface area contributed by atoms with Crippen molar-refractivity contribution < 1.29 is 0 Å². The number of H-pyrrole nitrogens is 1. The molecule has 3 rings (SSSR count). The van der Waals surface area contributed by atoms with Crippen LogP contribution in [0, 0.1) is 4.77 Å². The number of anilines is 1. The second kappa shape index (κ2) is 6.91. The van der Waals surface area contributed by atoms with Gasteiger partial charge in [0.15, 0.2) is 10.9 Å². The molecule has 0 atom stereocenters. The Balaban J connectivity index is 1.83. The first kappa shape index (κ1) is 15.7. The highest BCUT2D eigenvalue weighted by Gasteiger charge is 2.10. The van der Waals surface area contributed by atoms with Crippen molar-refractivity contribution in [2.45, 2.75) is 0 Å². The summed E-state index contributed by atoms with van der Waals surface area (Å²) in [7, 11) is 0. The van der Waals surface area contributed by atoms with Crippen molar-refractivity contribution in [1.82, 2.24) is 14.9 Å². The number of benzene rings is 2. The summed E-state index contributed by atoms with van der Waals surface area (Å²) in [5.74, 6) is 0.615. The van der Waals surface area contributed by atoms with E-state index in [9.17, 15) is 0 Å². The van der Waals surface area contributed by atoms with E-state index in [1.54, 1.807) is 16.8 Å². The molecule has 0 spiro atoms. The molecule has 0 saturated heterocycles. The van der Waals surface area contributed by atoms with Gasteiger partial charge in [-0.25, -0.2) is 9.77 Å². The lowest BCUT2D eigenvalue weighted by atomic mass is 10.2. The third-order valence-electron chi connectivity index (χ3n) is 3.02. The first-order valence-electron chi connectivity index (χ1n) is 6.70. The number of aromatic amines is 1. The lowest BCUT2D eigenvalue weighted by Gasteiger charge is -2.12. The summed E-state index contributed by atoms with van der Waals surface area (Å²) in [4.78, 5) is 0. The summed E-state index contributed by atoms with van der Waals surface area (Å²) in [5.41, 5.74) is 4.77. The first-order chi connectivity index (χ1) is 11.1. The normalized spacial score (nSPS) is 10.3. The number of thiocarbonyl (C=S) groups is 1. The molecule has 0 unspecified atom stereocenters. The quantitative estimate of drug-likeness (QED) is 0.610. The van der Waals surface area contributed by atoms with Crippen molar-refractivity contribution in [3.63, 3.8) is 0 Å². The molecule has 0 aliphatic carbocycles. The van der Waals surface area contributed by atoms with E-state index in [0.29, 0.717) is 20.7 Å². The smallest absolute Gasteiger partial charge is 0.215 e. The van der Waals surface area contributed by atoms with Gasteiger partial charge in [0.05, 0.1) is 0 Å². The van der Waals surface area contributed by atoms with Crippen molar-refractivity contribution >= 4 is 46.8 Å². The number of halogens is 1. The van der Waals surface area contributed by atoms with Crippen molar-refractivity contribution in [2.75, 3.05) is 10.7 Å². The molecule has 23 heavy (non-hydrogen) atoms. The molecule has 5 nitrogen and oxygen atoms in total. The Morgan fingerprint density at radius 2 is 1.78 bits per heavy atom. The van der Waals surface area contributed by atoms with Crippen LogP contribution in [0.5, 0.6) is 0 Å². The van der Waals surface area contributed by atoms with E-state index >= 15 is 0 Å². The summed E-state index contributed by atoms with van der Waals surface area (Å²) in [5, 5.41) is 11.1. The van der Waals surface area contributed by atoms with E-state index < -0.39 is 0 Å². The Morgan fingerprint density at radius 1 is 1.09 bits per heavy atom. The fourth-order valence-corrected chi connectivity index (χ4v) is 2.49. The predicted molar refractivity (Wildman–Crippen MR) is 99.9 cm³/mol. The van der Waals surface area contributed by atoms with Gasteiger partial charge in [0.2, 0.25) is 4.77 Å². The van der Waals surface area contributed by atoms with Crippen LogP contribution < -0.4 is 10.7 Å². The second-order valence-corrected chi connectivity index (χ2v) is 5.86. The molecule has 0 amide bonds. The molecule has 3 N–H and O–H groups in total. The van der Waals surface area contributed by atoms with Gasteiger partial charge in [-0.2, -0.15) is 5.10 Å². The van der Waals surface area contributed by atoms with Gasteiger partial charge in [-0.3, -0.25) is 5.43 Å². The Kier molecular flexibility index (Phi) is 4.71. The Hall–Kier alpha value is -2.22. The van der Waals surface area contributed by atoms with E-state index in [-0.39, 0.29) is 0 Å². The van der Waals surface area contributed by atoms with Gasteiger partial charge >= 0.3 is 0 Å². The van der Waals surface area contributed by atoms with Crippen LogP contribution >= 0.6 is 36.0 Å². The standard InChI is InChI=1S/C15H12ClN5S2/c16-11-8-6-10(7-9-11)13-18-19-15(23)21(13)20-14(22)17-12-4-2-1-3-5-12/h1-9H,(H,19,23)(H2,17,20,22). The molecule has 0 bridgehead atoms. The zero-order valence-electron chi connectivity index (χ0n) is 11.8. The summed E-state index contributed by atoms with van der Waals surface area (Å²) in [6.45, 7) is 0. The highest BCUT2D eigenvalue weighted by atomic mass is 35.5. The van der Waals surface area contributed by atoms with Gasteiger partial charge in [0.1, 0.15) is 0 Å². The van der Waals surface area contributed by atoms with Gasteiger partial charge in [-0.05, 0) is 60.8 Å². The number of rotatable bonds is 3. The molecule has 1 aromatic heterocycles. The van der Waals surface area contributed by atoms with Gasteiger partial charge in [-0.15, -0.1) is 0 Å². The summed E-state index contributed by atoms with van der Waals surface area (Å²) >= 11 is 16.5. The molecule has 2 aromatic carbocycles. The van der Waals surface area contributed by atoms with Gasteiger partial charge in [0.25, 0.3) is 0 Å². The minimum Gasteiger partial charge on any atom is -0.331 e. The molecular formula is C15H12ClN5S2. The maximum absolute atomic E-state index is 5.92. The summed E-state index contributed by atoms with van der Waals surface area (Å²) < 4.78 is 2.02. The third-order valence-corrected chi connectivity index (χ3v) is 3.74. The van der Waals surface area contributed by atoms with Crippen molar-refractivity contribution in [3.8, 4) is 11.4 Å². The average Bonchev–Trinajstić information content (AvgIpc) is 2.90. The van der Waals surface area contributed by atoms with Crippen LogP contribution in [0.2, 0.25) is 5.02 Å². The number of para-hydroxylation sites is 1. The number of nitrogens with one attached hydrogen (secondary N) is 3. The minimum absolute atomic E-state index is 0.406. The number of hydrogen-bond acceptors (Lipinski definition) is 3. The Labute approximate surface area is 148 Å². The van der Waals surface area contributed by atoms with Crippen LogP contribution in [-0.4, -0.2) is 20.0 Å². The van der Waals surface area contributed by atoms with E-state index in [2.05, 4.69) is 20.9 Å². The highest BCUT2D eigenvalue weighted by molar-refractivity contribution is 7.80. The van der Waals surface area contributed by atoms with Crippen molar-refractivity contribution in [3.05, 3.63) is 64.4 Å². The topological polar surface area (TPSA) is 57.7 Å². The van der Waals surface area contributed by atoms with E-state index in [1.165, 1.54) is 0 Å². The van der Waals surface area contributed by atoms with Crippen LogP contribution in [0.4, 0.5) is 5.69 Å². The number of nitrogens with zero attached hydrogens (tertiary/aromatic N) is 2. The zero-order chi connectivity index (χ0) is 16.2. The fraction of sp³-hybridized carbons (Fsp3) is 0. The largest absolute Gasteiger partial charge is 0.331 e. The highest BCUT2D eigenvalue weighted by Crippen LogP contribution is 2.19. The monoisotopic (exact) mass is 361 g/mol. The lowest BCUT2D eigenvalue weighted by molar-refractivity contribution is 0.963. The first-order valence-corrected chi connectivity index (χ1v) is 7.89. The molecular weight excluding hydrogens is 350 g/mol. The lowest BCUT2D eigenvalue weighted by Crippen LogP contribution is -2.28. The molecule has 3 aromatic rings. The van der Waals surface area contributed by atoms with Crippen LogP contribution in [0.1, 0.15) is 0 Å². The van der Waals surface area contributed by atoms with Gasteiger partial charge in [0, 0.05) is 16.3 Å². The SMILES string of the molecule is S=C(Nc1ccccc1)Nn1c(-c2ccc(Cl)cc2)n[nH]c1=S. The van der Waals surface area contributed by atoms with E-state index in [4.69, 9.17) is 36.0 Å². The number of aromatic nitrogens is 3. The second-order valence-electron chi connectivity index (χ2n) is 4.63. The summed E-state index contributed by atoms with van der Waals surface area (Å²) in [6.07, 6.45) is 0. The molecule has 0 aliphatic heterocycles. The molecule has 0 fully saturated rings. The maximum atomic E-state index is 5.92. The van der Waals surface area contributed by atoms with Crippen molar-refractivity contribution in [1.29, 1.82) is 0 Å². The Bertz CT molecular complexity index is 871. The van der Waals surface area contributed by atoms with Crippen molar-refractivity contribution in [2.24, 2.45) is 0 Å². The molecule has 116 valence electrons. The van der Waals surface area contributed by atoms with Crippen LogP contribution in [0.3, 0.4) is 0 Å². The predicted octanol–water partition coefficient (Wildman–Crippen LogP) is 4.20. The Morgan fingerprint density at radius 3 is 2.48 bits per heavy atom. The van der Waals surface area contributed by atoms with Crippen LogP contribution in [0.25, 0.3) is 11.4 Å². The molecule has 0 saturated carbocycles. The molecule has 8 heteroatoms. The van der Waals surface area contributed by atoms with E-state index in [0.717, 1.165) is 11.3 Å². The molecule has 1 heterocycles. The molecule has 0 aliphatic rings.